The summed E-state index contributed by atoms with van der Waals surface area (Å²) in [7, 11) is -3.60. The Bertz CT molecular complexity index is 1200. The normalized spacial score (nSPS) is 11.4. The Morgan fingerprint density at radius 3 is 1.84 bits per heavy atom. The first kappa shape index (κ1) is 23.4. The van der Waals surface area contributed by atoms with Crippen LogP contribution in [0, 0.1) is 10.1 Å². The fraction of sp³-hybridized carbons (Fsp3) is 0.200. The molecule has 0 amide bonds. The smallest absolute Gasteiger partial charge is 0.334 e. The first-order valence-electron chi connectivity index (χ1n) is 9.65. The number of rotatable bonds is 9. The number of nitrogens with zero attached hydrogens (tertiary/aromatic N) is 4. The molecule has 3 rings (SSSR count). The van der Waals surface area contributed by atoms with Gasteiger partial charge in [-0.1, -0.05) is 25.4 Å². The minimum absolute atomic E-state index is 0.00412. The summed E-state index contributed by atoms with van der Waals surface area (Å²) < 4.78 is 26.6. The summed E-state index contributed by atoms with van der Waals surface area (Å²) >= 11 is 5.87. The third kappa shape index (κ3) is 5.13. The molecule has 3 aromatic rings. The van der Waals surface area contributed by atoms with Crippen LogP contribution in [0.2, 0.25) is 5.02 Å². The Kier molecular flexibility index (Phi) is 7.23. The molecule has 1 aromatic heterocycles. The predicted molar refractivity (Wildman–Crippen MR) is 123 cm³/mol. The second-order valence-corrected chi connectivity index (χ2v) is 8.92. The van der Waals surface area contributed by atoms with Gasteiger partial charge in [0.25, 0.3) is 0 Å². The van der Waals surface area contributed by atoms with E-state index in [-0.39, 0.29) is 22.2 Å². The summed E-state index contributed by atoms with van der Waals surface area (Å²) in [5.41, 5.74) is 0.637. The standard InChI is InChI=1S/C20H21ClN6O4S/c1-3-26(4-2)32(30,31)17-11-9-16(10-12-17)25-20-18(27(28)29)19(22-13-23-20)24-15-7-5-14(21)6-8-15/h5-13H,3-4H2,1-2H3,(H2,22,23,24,25). The number of aromatic nitrogens is 2. The van der Waals surface area contributed by atoms with Crippen molar-refractivity contribution in [1.82, 2.24) is 14.3 Å². The van der Waals surface area contributed by atoms with Crippen LogP contribution >= 0.6 is 11.6 Å². The molecule has 0 radical (unpaired) electrons. The van der Waals surface area contributed by atoms with Crippen LogP contribution in [-0.2, 0) is 10.0 Å². The molecule has 2 aromatic carbocycles. The van der Waals surface area contributed by atoms with Crippen molar-refractivity contribution >= 4 is 50.3 Å². The lowest BCUT2D eigenvalue weighted by molar-refractivity contribution is -0.383. The zero-order valence-electron chi connectivity index (χ0n) is 17.3. The molecule has 0 aliphatic rings. The molecule has 0 saturated heterocycles. The van der Waals surface area contributed by atoms with E-state index in [0.717, 1.165) is 0 Å². The minimum atomic E-state index is -3.60. The van der Waals surface area contributed by atoms with Gasteiger partial charge < -0.3 is 10.6 Å². The molecule has 10 nitrogen and oxygen atoms in total. The van der Waals surface area contributed by atoms with Crippen molar-refractivity contribution < 1.29 is 13.3 Å². The SMILES string of the molecule is CCN(CC)S(=O)(=O)c1ccc(Nc2ncnc(Nc3ccc(Cl)cc3)c2[N+](=O)[O-])cc1. The number of nitrogens with one attached hydrogen (secondary N) is 2. The number of nitro groups is 1. The molecule has 0 aliphatic carbocycles. The Balaban J connectivity index is 1.89. The zero-order chi connectivity index (χ0) is 23.3. The average molecular weight is 477 g/mol. The van der Waals surface area contributed by atoms with Crippen LogP contribution in [0.3, 0.4) is 0 Å². The summed E-state index contributed by atoms with van der Waals surface area (Å²) in [6, 6.07) is 12.5. The van der Waals surface area contributed by atoms with Crippen molar-refractivity contribution in [2.24, 2.45) is 0 Å². The molecular weight excluding hydrogens is 456 g/mol. The van der Waals surface area contributed by atoms with Crippen molar-refractivity contribution in [3.8, 4) is 0 Å². The number of benzene rings is 2. The van der Waals surface area contributed by atoms with Gasteiger partial charge in [0.15, 0.2) is 0 Å². The van der Waals surface area contributed by atoms with Gasteiger partial charge in [0.05, 0.1) is 9.82 Å². The molecule has 0 spiro atoms. The lowest BCUT2D eigenvalue weighted by Gasteiger charge is -2.18. The van der Waals surface area contributed by atoms with Crippen LogP contribution in [0.15, 0.2) is 59.8 Å². The van der Waals surface area contributed by atoms with Gasteiger partial charge >= 0.3 is 5.69 Å². The van der Waals surface area contributed by atoms with Gasteiger partial charge in [0.1, 0.15) is 6.33 Å². The maximum atomic E-state index is 12.6. The molecule has 32 heavy (non-hydrogen) atoms. The highest BCUT2D eigenvalue weighted by molar-refractivity contribution is 7.89. The quantitative estimate of drug-likeness (QED) is 0.339. The molecule has 12 heteroatoms. The first-order chi connectivity index (χ1) is 15.3. The van der Waals surface area contributed by atoms with E-state index in [1.54, 1.807) is 38.1 Å². The number of hydrogen-bond donors (Lipinski definition) is 2. The first-order valence-corrected chi connectivity index (χ1v) is 11.5. The zero-order valence-corrected chi connectivity index (χ0v) is 18.9. The van der Waals surface area contributed by atoms with Crippen molar-refractivity contribution in [2.45, 2.75) is 18.7 Å². The lowest BCUT2D eigenvalue weighted by atomic mass is 10.3. The summed E-state index contributed by atoms with van der Waals surface area (Å²) in [6.07, 6.45) is 1.19. The van der Waals surface area contributed by atoms with Crippen LogP contribution in [0.1, 0.15) is 13.8 Å². The highest BCUT2D eigenvalue weighted by Gasteiger charge is 2.24. The van der Waals surface area contributed by atoms with E-state index >= 15 is 0 Å². The molecule has 0 atom stereocenters. The van der Waals surface area contributed by atoms with Gasteiger partial charge in [-0.05, 0) is 48.5 Å². The summed E-state index contributed by atoms with van der Waals surface area (Å²) in [6.45, 7) is 4.24. The second-order valence-electron chi connectivity index (χ2n) is 6.55. The topological polar surface area (TPSA) is 130 Å². The minimum Gasteiger partial charge on any atom is -0.334 e. The molecule has 0 unspecified atom stereocenters. The fourth-order valence-electron chi connectivity index (χ4n) is 2.96. The van der Waals surface area contributed by atoms with E-state index in [9.17, 15) is 18.5 Å². The summed E-state index contributed by atoms with van der Waals surface area (Å²) in [5.74, 6) is -0.0450. The van der Waals surface area contributed by atoms with E-state index in [1.165, 1.54) is 34.9 Å². The number of sulfonamides is 1. The van der Waals surface area contributed by atoms with E-state index in [1.807, 2.05) is 0 Å². The van der Waals surface area contributed by atoms with Crippen molar-refractivity contribution in [2.75, 3.05) is 23.7 Å². The number of anilines is 4. The van der Waals surface area contributed by atoms with Gasteiger partial charge in [0.2, 0.25) is 21.7 Å². The Morgan fingerprint density at radius 1 is 0.938 bits per heavy atom. The third-order valence-corrected chi connectivity index (χ3v) is 6.89. The average Bonchev–Trinajstić information content (AvgIpc) is 2.76. The van der Waals surface area contributed by atoms with Gasteiger partial charge in [0, 0.05) is 29.5 Å². The van der Waals surface area contributed by atoms with E-state index < -0.39 is 14.9 Å². The summed E-state index contributed by atoms with van der Waals surface area (Å²) in [4.78, 5) is 19.2. The van der Waals surface area contributed by atoms with E-state index in [4.69, 9.17) is 11.6 Å². The predicted octanol–water partition coefficient (Wildman–Crippen LogP) is 4.56. The van der Waals surface area contributed by atoms with Gasteiger partial charge in [-0.15, -0.1) is 0 Å². The Morgan fingerprint density at radius 2 is 1.41 bits per heavy atom. The summed E-state index contributed by atoms with van der Waals surface area (Å²) in [5, 5.41) is 18.0. The molecule has 0 saturated carbocycles. The van der Waals surface area contributed by atoms with Crippen LogP contribution in [-0.4, -0.2) is 40.7 Å². The maximum Gasteiger partial charge on any atom is 0.353 e. The number of hydrogen-bond acceptors (Lipinski definition) is 8. The molecule has 0 fully saturated rings. The van der Waals surface area contributed by atoms with E-state index in [2.05, 4.69) is 20.6 Å². The van der Waals surface area contributed by atoms with Crippen LogP contribution < -0.4 is 10.6 Å². The van der Waals surface area contributed by atoms with Crippen LogP contribution in [0.4, 0.5) is 28.7 Å². The van der Waals surface area contributed by atoms with Crippen LogP contribution in [0.25, 0.3) is 0 Å². The van der Waals surface area contributed by atoms with E-state index in [0.29, 0.717) is 29.5 Å². The van der Waals surface area contributed by atoms with Crippen molar-refractivity contribution in [3.63, 3.8) is 0 Å². The lowest BCUT2D eigenvalue weighted by Crippen LogP contribution is -2.30. The number of halogens is 1. The maximum absolute atomic E-state index is 12.6. The molecule has 1 heterocycles. The molecule has 2 N–H and O–H groups in total. The van der Waals surface area contributed by atoms with Crippen LogP contribution in [0.5, 0.6) is 0 Å². The molecule has 0 bridgehead atoms. The molecular formula is C20H21ClN6O4S. The Labute approximate surface area is 190 Å². The largest absolute Gasteiger partial charge is 0.353 e. The third-order valence-electron chi connectivity index (χ3n) is 4.57. The molecule has 168 valence electrons. The molecule has 0 aliphatic heterocycles. The van der Waals surface area contributed by atoms with Gasteiger partial charge in [-0.25, -0.2) is 18.4 Å². The Hall–Kier alpha value is -3.28. The second kappa shape index (κ2) is 9.90. The monoisotopic (exact) mass is 476 g/mol. The van der Waals surface area contributed by atoms with Crippen molar-refractivity contribution in [3.05, 3.63) is 70.0 Å². The highest BCUT2D eigenvalue weighted by Crippen LogP contribution is 2.33. The van der Waals surface area contributed by atoms with Gasteiger partial charge in [-0.2, -0.15) is 4.31 Å². The highest BCUT2D eigenvalue weighted by atomic mass is 35.5. The fourth-order valence-corrected chi connectivity index (χ4v) is 4.55. The van der Waals surface area contributed by atoms with Gasteiger partial charge in [-0.3, -0.25) is 10.1 Å². The van der Waals surface area contributed by atoms with Crippen molar-refractivity contribution in [1.29, 1.82) is 0 Å².